The van der Waals surface area contributed by atoms with Crippen molar-refractivity contribution in [2.45, 2.75) is 18.6 Å². The molecule has 2 aromatic rings. The summed E-state index contributed by atoms with van der Waals surface area (Å²) in [5.74, 6) is -2.06. The summed E-state index contributed by atoms with van der Waals surface area (Å²) < 4.78 is 38.3. The molecule has 0 radical (unpaired) electrons. The normalized spacial score (nSPS) is 13.2. The fourth-order valence-electron chi connectivity index (χ4n) is 1.81. The van der Waals surface area contributed by atoms with Gasteiger partial charge < -0.3 is 5.11 Å². The Hall–Kier alpha value is -2.31. The Labute approximate surface area is 112 Å². The van der Waals surface area contributed by atoms with Gasteiger partial charge in [-0.2, -0.15) is 18.3 Å². The minimum absolute atomic E-state index is 0.157. The number of carboxylic acids is 1. The third-order valence-corrected chi connectivity index (χ3v) is 2.80. The van der Waals surface area contributed by atoms with Crippen LogP contribution < -0.4 is 0 Å². The molecule has 106 valence electrons. The number of nitrogens with zero attached hydrogens (tertiary/aromatic N) is 2. The second-order valence-electron chi connectivity index (χ2n) is 4.22. The maximum atomic E-state index is 12.4. The highest BCUT2D eigenvalue weighted by Gasteiger charge is 2.34. The molecule has 0 saturated heterocycles. The van der Waals surface area contributed by atoms with Crippen molar-refractivity contribution in [2.24, 2.45) is 0 Å². The molecule has 0 aliphatic carbocycles. The lowest BCUT2D eigenvalue weighted by molar-refractivity contribution is -0.141. The Bertz CT molecular complexity index is 593. The molecule has 0 bridgehead atoms. The summed E-state index contributed by atoms with van der Waals surface area (Å²) in [6.45, 7) is -0.157. The van der Waals surface area contributed by atoms with Crippen molar-refractivity contribution in [2.75, 3.05) is 0 Å². The van der Waals surface area contributed by atoms with Crippen molar-refractivity contribution < 1.29 is 23.1 Å². The van der Waals surface area contributed by atoms with E-state index in [-0.39, 0.29) is 6.54 Å². The summed E-state index contributed by atoms with van der Waals surface area (Å²) in [5.41, 5.74) is -0.515. The molecule has 0 amide bonds. The number of aliphatic carboxylic acids is 1. The Balaban J connectivity index is 2.22. The van der Waals surface area contributed by atoms with Crippen LogP contribution in [0.3, 0.4) is 0 Å². The maximum absolute atomic E-state index is 12.4. The second kappa shape index (κ2) is 5.36. The molecule has 2 rings (SSSR count). The van der Waals surface area contributed by atoms with Crippen LogP contribution in [0, 0.1) is 0 Å². The number of aromatic nitrogens is 2. The van der Waals surface area contributed by atoms with Crippen molar-refractivity contribution in [1.29, 1.82) is 0 Å². The topological polar surface area (TPSA) is 55.1 Å². The minimum Gasteiger partial charge on any atom is -0.481 e. The average molecular weight is 284 g/mol. The number of rotatable bonds is 4. The van der Waals surface area contributed by atoms with E-state index in [9.17, 15) is 23.1 Å². The summed E-state index contributed by atoms with van der Waals surface area (Å²) in [5, 5.41) is 12.5. The molecule has 0 spiro atoms. The lowest BCUT2D eigenvalue weighted by Gasteiger charge is -2.12. The fourth-order valence-corrected chi connectivity index (χ4v) is 1.81. The summed E-state index contributed by atoms with van der Waals surface area (Å²) >= 11 is 0. The molecule has 1 atom stereocenters. The van der Waals surface area contributed by atoms with E-state index in [0.717, 1.165) is 16.9 Å². The van der Waals surface area contributed by atoms with E-state index >= 15 is 0 Å². The van der Waals surface area contributed by atoms with Crippen LogP contribution in [-0.4, -0.2) is 20.9 Å². The molecule has 1 N–H and O–H groups in total. The Morgan fingerprint density at radius 3 is 2.40 bits per heavy atom. The van der Waals surface area contributed by atoms with E-state index in [2.05, 4.69) is 5.10 Å². The van der Waals surface area contributed by atoms with Gasteiger partial charge in [-0.15, -0.1) is 0 Å². The minimum atomic E-state index is -4.53. The van der Waals surface area contributed by atoms with E-state index in [0.29, 0.717) is 5.56 Å². The maximum Gasteiger partial charge on any atom is 0.435 e. The second-order valence-corrected chi connectivity index (χ2v) is 4.22. The first-order valence-corrected chi connectivity index (χ1v) is 5.76. The predicted octanol–water partition coefficient (Wildman–Crippen LogP) is 2.77. The van der Waals surface area contributed by atoms with Crippen LogP contribution in [0.25, 0.3) is 0 Å². The average Bonchev–Trinajstić information content (AvgIpc) is 2.85. The molecular weight excluding hydrogens is 273 g/mol. The molecule has 1 aromatic heterocycles. The largest absolute Gasteiger partial charge is 0.481 e. The van der Waals surface area contributed by atoms with Gasteiger partial charge in [-0.05, 0) is 11.6 Å². The van der Waals surface area contributed by atoms with Crippen LogP contribution in [0.1, 0.15) is 17.2 Å². The van der Waals surface area contributed by atoms with Crippen molar-refractivity contribution in [1.82, 2.24) is 9.78 Å². The van der Waals surface area contributed by atoms with Gasteiger partial charge in [0.1, 0.15) is 5.92 Å². The predicted molar refractivity (Wildman–Crippen MR) is 64.0 cm³/mol. The highest BCUT2D eigenvalue weighted by atomic mass is 19.4. The van der Waals surface area contributed by atoms with E-state index in [4.69, 9.17) is 0 Å². The summed E-state index contributed by atoms with van der Waals surface area (Å²) in [4.78, 5) is 11.2. The fraction of sp³-hybridized carbons (Fsp3) is 0.231. The Kier molecular flexibility index (Phi) is 3.78. The Morgan fingerprint density at radius 1 is 1.25 bits per heavy atom. The lowest BCUT2D eigenvalue weighted by atomic mass is 9.99. The van der Waals surface area contributed by atoms with Gasteiger partial charge in [-0.3, -0.25) is 9.48 Å². The number of hydrogen-bond donors (Lipinski definition) is 1. The number of hydrogen-bond acceptors (Lipinski definition) is 2. The van der Waals surface area contributed by atoms with E-state index in [1.165, 1.54) is 0 Å². The number of alkyl halides is 3. The van der Waals surface area contributed by atoms with Gasteiger partial charge in [0.25, 0.3) is 0 Å². The van der Waals surface area contributed by atoms with Gasteiger partial charge in [0.2, 0.25) is 0 Å². The van der Waals surface area contributed by atoms with Gasteiger partial charge >= 0.3 is 12.1 Å². The van der Waals surface area contributed by atoms with Gasteiger partial charge in [0.15, 0.2) is 5.69 Å². The molecule has 0 fully saturated rings. The van der Waals surface area contributed by atoms with Crippen LogP contribution in [0.5, 0.6) is 0 Å². The van der Waals surface area contributed by atoms with Gasteiger partial charge in [-0.25, -0.2) is 0 Å². The number of halogens is 3. The third-order valence-electron chi connectivity index (χ3n) is 2.80. The van der Waals surface area contributed by atoms with E-state index in [1.54, 1.807) is 30.3 Å². The van der Waals surface area contributed by atoms with E-state index in [1.807, 2.05) is 0 Å². The zero-order valence-corrected chi connectivity index (χ0v) is 10.2. The van der Waals surface area contributed by atoms with Crippen LogP contribution >= 0.6 is 0 Å². The molecule has 1 unspecified atom stereocenters. The first kappa shape index (κ1) is 14.1. The summed E-state index contributed by atoms with van der Waals surface area (Å²) in [6.07, 6.45) is -3.40. The molecule has 0 aliphatic rings. The zero-order chi connectivity index (χ0) is 14.8. The molecular formula is C13H11F3N2O2. The smallest absolute Gasteiger partial charge is 0.435 e. The molecule has 4 nitrogen and oxygen atoms in total. The SMILES string of the molecule is O=C(O)C(Cn1ccc(C(F)(F)F)n1)c1ccccc1. The standard InChI is InChI=1S/C13H11F3N2O2/c14-13(15,16)11-6-7-18(17-11)8-10(12(19)20)9-4-2-1-3-5-9/h1-7,10H,8H2,(H,19,20). The first-order valence-electron chi connectivity index (χ1n) is 5.76. The molecule has 1 heterocycles. The van der Waals surface area contributed by atoms with Crippen LogP contribution in [0.4, 0.5) is 13.2 Å². The number of benzene rings is 1. The molecule has 0 aliphatic heterocycles. The quantitative estimate of drug-likeness (QED) is 0.939. The molecule has 7 heteroatoms. The lowest BCUT2D eigenvalue weighted by Crippen LogP contribution is -2.19. The van der Waals surface area contributed by atoms with Crippen molar-refractivity contribution in [3.63, 3.8) is 0 Å². The van der Waals surface area contributed by atoms with E-state index < -0.39 is 23.8 Å². The summed E-state index contributed by atoms with van der Waals surface area (Å²) in [6, 6.07) is 9.15. The van der Waals surface area contributed by atoms with Gasteiger partial charge in [0.05, 0.1) is 6.54 Å². The number of carboxylic acid groups (broad SMARTS) is 1. The third kappa shape index (κ3) is 3.17. The molecule has 1 aromatic carbocycles. The van der Waals surface area contributed by atoms with Crippen LogP contribution in [-0.2, 0) is 17.5 Å². The monoisotopic (exact) mass is 284 g/mol. The summed E-state index contributed by atoms with van der Waals surface area (Å²) in [7, 11) is 0. The Morgan fingerprint density at radius 2 is 1.90 bits per heavy atom. The van der Waals surface area contributed by atoms with Crippen molar-refractivity contribution in [3.8, 4) is 0 Å². The van der Waals surface area contributed by atoms with Crippen LogP contribution in [0.15, 0.2) is 42.6 Å². The van der Waals surface area contributed by atoms with Crippen molar-refractivity contribution >= 4 is 5.97 Å². The van der Waals surface area contributed by atoms with Crippen LogP contribution in [0.2, 0.25) is 0 Å². The van der Waals surface area contributed by atoms with Crippen molar-refractivity contribution in [3.05, 3.63) is 53.9 Å². The van der Waals surface area contributed by atoms with Gasteiger partial charge in [-0.1, -0.05) is 30.3 Å². The molecule has 20 heavy (non-hydrogen) atoms. The zero-order valence-electron chi connectivity index (χ0n) is 10.2. The molecule has 0 saturated carbocycles. The highest BCUT2D eigenvalue weighted by molar-refractivity contribution is 5.75. The highest BCUT2D eigenvalue weighted by Crippen LogP contribution is 2.27. The van der Waals surface area contributed by atoms with Gasteiger partial charge in [0, 0.05) is 6.20 Å². The first-order chi connectivity index (χ1) is 9.38. The number of carbonyl (C=O) groups is 1.